The Labute approximate surface area is 135 Å². The highest BCUT2D eigenvalue weighted by atomic mass is 35.5. The van der Waals surface area contributed by atoms with E-state index in [1.54, 1.807) is 0 Å². The minimum absolute atomic E-state index is 0. The summed E-state index contributed by atoms with van der Waals surface area (Å²) < 4.78 is 13.8. The highest BCUT2D eigenvalue weighted by Crippen LogP contribution is 2.25. The molecule has 1 saturated carbocycles. The van der Waals surface area contributed by atoms with E-state index < -0.39 is 11.7 Å². The average molecular weight is 330 g/mol. The van der Waals surface area contributed by atoms with E-state index in [0.29, 0.717) is 12.2 Å². The number of carbonyl (C=O) groups excluding carboxylic acids is 2. The number of rotatable bonds is 4. The number of anilines is 1. The minimum atomic E-state index is -0.608. The molecule has 0 bridgehead atoms. The van der Waals surface area contributed by atoms with Crippen LogP contribution >= 0.6 is 12.4 Å². The topological polar surface area (TPSA) is 84.2 Å². The summed E-state index contributed by atoms with van der Waals surface area (Å²) in [5.41, 5.74) is 6.01. The summed E-state index contributed by atoms with van der Waals surface area (Å²) in [5, 5.41) is 5.38. The monoisotopic (exact) mass is 329 g/mol. The first-order valence-corrected chi connectivity index (χ1v) is 7.09. The highest BCUT2D eigenvalue weighted by Gasteiger charge is 2.28. The maximum Gasteiger partial charge on any atom is 0.254 e. The smallest absolute Gasteiger partial charge is 0.254 e. The number of carbonyl (C=O) groups is 2. The van der Waals surface area contributed by atoms with E-state index in [1.807, 2.05) is 0 Å². The van der Waals surface area contributed by atoms with Crippen molar-refractivity contribution in [1.29, 1.82) is 0 Å². The Balaban J connectivity index is 0.00000242. The van der Waals surface area contributed by atoms with Crippen LogP contribution in [0.25, 0.3) is 0 Å². The Morgan fingerprint density at radius 2 is 2.09 bits per heavy atom. The zero-order valence-electron chi connectivity index (χ0n) is 12.4. The Morgan fingerprint density at radius 1 is 1.36 bits per heavy atom. The molecule has 1 aliphatic rings. The lowest BCUT2D eigenvalue weighted by Crippen LogP contribution is -2.40. The molecule has 0 heterocycles. The second-order valence-electron chi connectivity index (χ2n) is 5.38. The van der Waals surface area contributed by atoms with Crippen molar-refractivity contribution in [1.82, 2.24) is 5.32 Å². The third-order valence-electron chi connectivity index (χ3n) is 3.81. The first-order valence-electron chi connectivity index (χ1n) is 7.09. The van der Waals surface area contributed by atoms with Gasteiger partial charge in [0.1, 0.15) is 5.82 Å². The van der Waals surface area contributed by atoms with Crippen LogP contribution in [0.2, 0.25) is 0 Å². The van der Waals surface area contributed by atoms with Gasteiger partial charge in [0.2, 0.25) is 5.91 Å². The fraction of sp³-hybridized carbons (Fsp3) is 0.467. The molecule has 1 fully saturated rings. The van der Waals surface area contributed by atoms with Gasteiger partial charge in [0.25, 0.3) is 5.91 Å². The van der Waals surface area contributed by atoms with Gasteiger partial charge < -0.3 is 16.4 Å². The van der Waals surface area contributed by atoms with E-state index in [0.717, 1.165) is 19.3 Å². The van der Waals surface area contributed by atoms with E-state index in [4.69, 9.17) is 5.73 Å². The quantitative estimate of drug-likeness (QED) is 0.790. The fourth-order valence-electron chi connectivity index (χ4n) is 2.74. The molecule has 4 N–H and O–H groups in total. The summed E-state index contributed by atoms with van der Waals surface area (Å²) in [6.07, 6.45) is 2.86. The standard InChI is InChI=1S/C15H20FN3O2.ClH/c1-9(20)18-11-5-6-13(16)12(7-11)15(21)19-14-4-2-3-10(14)8-17;/h5-7,10,14H,2-4,8,17H2,1H3,(H,18,20)(H,19,21);1H. The maximum atomic E-state index is 13.8. The van der Waals surface area contributed by atoms with E-state index in [-0.39, 0.29) is 35.8 Å². The maximum absolute atomic E-state index is 13.8. The van der Waals surface area contributed by atoms with Gasteiger partial charge >= 0.3 is 0 Å². The van der Waals surface area contributed by atoms with Gasteiger partial charge in [0, 0.05) is 18.7 Å². The number of nitrogens with one attached hydrogen (secondary N) is 2. The second kappa shape index (κ2) is 8.10. The molecule has 5 nitrogen and oxygen atoms in total. The molecule has 0 aromatic heterocycles. The molecule has 2 atom stereocenters. The van der Waals surface area contributed by atoms with E-state index in [1.165, 1.54) is 25.1 Å². The highest BCUT2D eigenvalue weighted by molar-refractivity contribution is 5.97. The first kappa shape index (κ1) is 18.4. The summed E-state index contributed by atoms with van der Waals surface area (Å²) in [6, 6.07) is 3.94. The normalized spacial score (nSPS) is 20.1. The van der Waals surface area contributed by atoms with Crippen LogP contribution in [0.5, 0.6) is 0 Å². The van der Waals surface area contributed by atoms with Crippen molar-refractivity contribution in [2.24, 2.45) is 11.7 Å². The molecular formula is C15H21ClFN3O2. The SMILES string of the molecule is CC(=O)Nc1ccc(F)c(C(=O)NC2CCCC2CN)c1.Cl. The average Bonchev–Trinajstić information content (AvgIpc) is 2.87. The van der Waals surface area contributed by atoms with Gasteiger partial charge in [-0.25, -0.2) is 4.39 Å². The van der Waals surface area contributed by atoms with Gasteiger partial charge in [-0.3, -0.25) is 9.59 Å². The lowest BCUT2D eigenvalue weighted by molar-refractivity contribution is -0.114. The van der Waals surface area contributed by atoms with Crippen LogP contribution in [0.15, 0.2) is 18.2 Å². The van der Waals surface area contributed by atoms with Crippen LogP contribution in [0.1, 0.15) is 36.5 Å². The Hall–Kier alpha value is -1.66. The number of hydrogen-bond acceptors (Lipinski definition) is 3. The summed E-state index contributed by atoms with van der Waals surface area (Å²) >= 11 is 0. The molecule has 2 rings (SSSR count). The fourth-order valence-corrected chi connectivity index (χ4v) is 2.74. The predicted octanol–water partition coefficient (Wildman–Crippen LogP) is 2.06. The van der Waals surface area contributed by atoms with Gasteiger partial charge in [0.05, 0.1) is 5.56 Å². The summed E-state index contributed by atoms with van der Waals surface area (Å²) in [5.74, 6) is -1.10. The molecule has 122 valence electrons. The molecule has 22 heavy (non-hydrogen) atoms. The van der Waals surface area contributed by atoms with Crippen LogP contribution < -0.4 is 16.4 Å². The van der Waals surface area contributed by atoms with E-state index in [9.17, 15) is 14.0 Å². The number of hydrogen-bond donors (Lipinski definition) is 3. The third kappa shape index (κ3) is 4.42. The van der Waals surface area contributed by atoms with Crippen molar-refractivity contribution < 1.29 is 14.0 Å². The predicted molar refractivity (Wildman–Crippen MR) is 85.6 cm³/mol. The number of nitrogens with two attached hydrogens (primary N) is 1. The van der Waals surface area contributed by atoms with Crippen molar-refractivity contribution in [3.8, 4) is 0 Å². The zero-order valence-corrected chi connectivity index (χ0v) is 13.2. The number of halogens is 2. The molecule has 0 aliphatic heterocycles. The van der Waals surface area contributed by atoms with Crippen molar-refractivity contribution in [2.45, 2.75) is 32.2 Å². The van der Waals surface area contributed by atoms with Crippen LogP contribution in [-0.2, 0) is 4.79 Å². The molecule has 1 aliphatic carbocycles. The molecule has 1 aromatic rings. The summed E-state index contributed by atoms with van der Waals surface area (Å²) in [4.78, 5) is 23.2. The molecule has 7 heteroatoms. The van der Waals surface area contributed by atoms with Crippen molar-refractivity contribution in [2.75, 3.05) is 11.9 Å². The Bertz CT molecular complexity index is 554. The lowest BCUT2D eigenvalue weighted by atomic mass is 10.0. The molecule has 2 amide bonds. The zero-order chi connectivity index (χ0) is 15.4. The number of amides is 2. The second-order valence-corrected chi connectivity index (χ2v) is 5.38. The van der Waals surface area contributed by atoms with Crippen LogP contribution in [0, 0.1) is 11.7 Å². The van der Waals surface area contributed by atoms with Gasteiger partial charge in [0.15, 0.2) is 0 Å². The first-order chi connectivity index (χ1) is 10.0. The Kier molecular flexibility index (Phi) is 6.77. The van der Waals surface area contributed by atoms with Gasteiger partial charge in [-0.15, -0.1) is 12.4 Å². The molecule has 2 unspecified atom stereocenters. The van der Waals surface area contributed by atoms with Gasteiger partial charge in [-0.1, -0.05) is 6.42 Å². The van der Waals surface area contributed by atoms with Crippen molar-refractivity contribution in [3.63, 3.8) is 0 Å². The Morgan fingerprint density at radius 3 is 2.73 bits per heavy atom. The van der Waals surface area contributed by atoms with Crippen LogP contribution in [0.4, 0.5) is 10.1 Å². The lowest BCUT2D eigenvalue weighted by Gasteiger charge is -2.19. The van der Waals surface area contributed by atoms with Crippen LogP contribution in [-0.4, -0.2) is 24.4 Å². The molecular weight excluding hydrogens is 309 g/mol. The van der Waals surface area contributed by atoms with Gasteiger partial charge in [-0.2, -0.15) is 0 Å². The molecule has 0 radical (unpaired) electrons. The molecule has 1 aromatic carbocycles. The van der Waals surface area contributed by atoms with E-state index >= 15 is 0 Å². The summed E-state index contributed by atoms with van der Waals surface area (Å²) in [6.45, 7) is 1.87. The minimum Gasteiger partial charge on any atom is -0.349 e. The van der Waals surface area contributed by atoms with Crippen molar-refractivity contribution in [3.05, 3.63) is 29.6 Å². The number of benzene rings is 1. The van der Waals surface area contributed by atoms with Crippen LogP contribution in [0.3, 0.4) is 0 Å². The largest absolute Gasteiger partial charge is 0.349 e. The molecule has 0 spiro atoms. The summed E-state index contributed by atoms with van der Waals surface area (Å²) in [7, 11) is 0. The van der Waals surface area contributed by atoms with Gasteiger partial charge in [-0.05, 0) is 43.5 Å². The third-order valence-corrected chi connectivity index (χ3v) is 3.81. The van der Waals surface area contributed by atoms with E-state index in [2.05, 4.69) is 10.6 Å². The van der Waals surface area contributed by atoms with Crippen molar-refractivity contribution >= 4 is 29.9 Å². The molecule has 0 saturated heterocycles.